The molecule has 200 valence electrons. The van der Waals surface area contributed by atoms with Gasteiger partial charge in [-0.05, 0) is 87.0 Å². The number of nitrogens with zero attached hydrogens (tertiary/aromatic N) is 2. The molecule has 1 amide bonds. The number of hydrogen-bond donors (Lipinski definition) is 0. The Labute approximate surface area is 219 Å². The highest BCUT2D eigenvalue weighted by Gasteiger charge is 2.41. The largest absolute Gasteiger partial charge is 0.395 e. The van der Waals surface area contributed by atoms with Crippen molar-refractivity contribution >= 4 is 5.91 Å². The fourth-order valence-corrected chi connectivity index (χ4v) is 6.50. The predicted molar refractivity (Wildman–Crippen MR) is 141 cm³/mol. The van der Waals surface area contributed by atoms with Gasteiger partial charge in [-0.25, -0.2) is 0 Å². The van der Waals surface area contributed by atoms with Crippen molar-refractivity contribution in [3.63, 3.8) is 0 Å². The van der Waals surface area contributed by atoms with Crippen LogP contribution in [0.25, 0.3) is 0 Å². The maximum absolute atomic E-state index is 13.5. The minimum Gasteiger partial charge on any atom is -0.333 e. The maximum atomic E-state index is 13.5. The van der Waals surface area contributed by atoms with Crippen LogP contribution >= 0.6 is 0 Å². The first-order valence-electron chi connectivity index (χ1n) is 13.9. The van der Waals surface area contributed by atoms with E-state index in [4.69, 9.17) is 0 Å². The topological polar surface area (TPSA) is 23.6 Å². The Bertz CT molecular complexity index is 1050. The Hall–Kier alpha value is -2.34. The first kappa shape index (κ1) is 26.3. The van der Waals surface area contributed by atoms with Crippen LogP contribution in [0, 0.1) is 0 Å². The van der Waals surface area contributed by atoms with Crippen molar-refractivity contribution in [2.45, 2.75) is 101 Å². The van der Waals surface area contributed by atoms with Gasteiger partial charge < -0.3 is 9.80 Å². The third-order valence-corrected chi connectivity index (χ3v) is 9.26. The Morgan fingerprint density at radius 2 is 1.46 bits per heavy atom. The highest BCUT2D eigenvalue weighted by Crippen LogP contribution is 2.41. The van der Waals surface area contributed by atoms with Gasteiger partial charge >= 0.3 is 6.18 Å². The fourth-order valence-electron chi connectivity index (χ4n) is 6.50. The number of carbonyl (C=O) groups excluding carboxylic acids is 1. The molecule has 3 nitrogen and oxygen atoms in total. The summed E-state index contributed by atoms with van der Waals surface area (Å²) in [4.78, 5) is 18.2. The molecule has 1 atom stereocenters. The molecule has 2 aromatic rings. The highest BCUT2D eigenvalue weighted by atomic mass is 19.4. The molecule has 1 aliphatic heterocycles. The van der Waals surface area contributed by atoms with Crippen LogP contribution in [0.1, 0.15) is 92.6 Å². The normalized spacial score (nSPS) is 26.6. The van der Waals surface area contributed by atoms with Crippen LogP contribution in [-0.2, 0) is 5.41 Å². The predicted octanol–water partition coefficient (Wildman–Crippen LogP) is 7.32. The summed E-state index contributed by atoms with van der Waals surface area (Å²) in [5, 5.41) is 0. The molecular formula is C31H39F3N2O. The molecule has 3 aliphatic rings. The van der Waals surface area contributed by atoms with E-state index in [2.05, 4.69) is 47.1 Å². The average Bonchev–Trinajstić information content (AvgIpc) is 3.74. The molecule has 0 N–H and O–H groups in total. The van der Waals surface area contributed by atoms with E-state index >= 15 is 0 Å². The molecule has 5 rings (SSSR count). The lowest BCUT2D eigenvalue weighted by molar-refractivity contribution is -0.146. The van der Waals surface area contributed by atoms with Crippen LogP contribution in [0.4, 0.5) is 13.2 Å². The third kappa shape index (κ3) is 5.74. The van der Waals surface area contributed by atoms with E-state index in [1.807, 2.05) is 0 Å². The van der Waals surface area contributed by atoms with Crippen LogP contribution < -0.4 is 0 Å². The van der Waals surface area contributed by atoms with E-state index in [1.165, 1.54) is 43.4 Å². The first-order chi connectivity index (χ1) is 17.7. The van der Waals surface area contributed by atoms with Gasteiger partial charge in [0.25, 0.3) is 5.91 Å². The van der Waals surface area contributed by atoms with Crippen LogP contribution in [-0.4, -0.2) is 53.1 Å². The summed E-state index contributed by atoms with van der Waals surface area (Å²) in [6.45, 7) is 5.58. The third-order valence-electron chi connectivity index (χ3n) is 9.26. The average molecular weight is 513 g/mol. The molecule has 0 spiro atoms. The van der Waals surface area contributed by atoms with Crippen molar-refractivity contribution in [3.8, 4) is 0 Å². The van der Waals surface area contributed by atoms with E-state index in [0.717, 1.165) is 45.7 Å². The molecule has 2 saturated carbocycles. The Kier molecular flexibility index (Phi) is 7.41. The second kappa shape index (κ2) is 10.4. The molecule has 1 heterocycles. The molecule has 0 bridgehead atoms. The molecule has 2 aliphatic carbocycles. The van der Waals surface area contributed by atoms with Crippen LogP contribution in [0.5, 0.6) is 0 Å². The summed E-state index contributed by atoms with van der Waals surface area (Å²) in [6.07, 6.45) is 4.54. The van der Waals surface area contributed by atoms with Crippen LogP contribution in [0.3, 0.4) is 0 Å². The summed E-state index contributed by atoms with van der Waals surface area (Å²) in [5.41, 5.74) is 2.41. The number of hydrogen-bond acceptors (Lipinski definition) is 2. The Morgan fingerprint density at radius 3 is 2.00 bits per heavy atom. The number of halogens is 3. The fraction of sp³-hybridized carbons (Fsp3) is 0.581. The summed E-state index contributed by atoms with van der Waals surface area (Å²) in [7, 11) is 0. The monoisotopic (exact) mass is 512 g/mol. The van der Waals surface area contributed by atoms with Crippen molar-refractivity contribution in [1.29, 1.82) is 0 Å². The number of benzene rings is 2. The zero-order valence-corrected chi connectivity index (χ0v) is 22.0. The van der Waals surface area contributed by atoms with E-state index in [-0.39, 0.29) is 29.0 Å². The second-order valence-corrected chi connectivity index (χ2v) is 11.8. The van der Waals surface area contributed by atoms with E-state index < -0.39 is 12.1 Å². The zero-order chi connectivity index (χ0) is 26.2. The minimum absolute atomic E-state index is 0.0246. The smallest absolute Gasteiger partial charge is 0.333 e. The molecule has 0 aromatic heterocycles. The van der Waals surface area contributed by atoms with E-state index in [9.17, 15) is 18.0 Å². The molecule has 1 saturated heterocycles. The highest BCUT2D eigenvalue weighted by molar-refractivity contribution is 5.95. The summed E-state index contributed by atoms with van der Waals surface area (Å²) in [5.74, 6) is -1.56. The van der Waals surface area contributed by atoms with E-state index in [1.54, 1.807) is 12.1 Å². The van der Waals surface area contributed by atoms with Crippen LogP contribution in [0.15, 0.2) is 54.6 Å². The standard InChI is InChI=1S/C31H39F3N2O/c1-22(31(32,33)34)23-8-10-24(11-9-23)29(37)36(27-12-13-27)28-16-20-35(21-17-28)26-14-18-30(2,19-15-26)25-6-4-3-5-7-25/h3-11,22,26-28H,12-21H2,1-2H3/t22-,26?,30?/m1/s1. The number of rotatable bonds is 6. The molecule has 0 unspecified atom stereocenters. The van der Waals surface area contributed by atoms with Crippen molar-refractivity contribution < 1.29 is 18.0 Å². The zero-order valence-electron chi connectivity index (χ0n) is 22.0. The van der Waals surface area contributed by atoms with Crippen LogP contribution in [0.2, 0.25) is 0 Å². The summed E-state index contributed by atoms with van der Waals surface area (Å²) < 4.78 is 39.2. The number of amides is 1. The minimum atomic E-state index is -4.28. The lowest BCUT2D eigenvalue weighted by atomic mass is 9.69. The van der Waals surface area contributed by atoms with Gasteiger partial charge in [0.2, 0.25) is 0 Å². The molecule has 37 heavy (non-hydrogen) atoms. The second-order valence-electron chi connectivity index (χ2n) is 11.8. The first-order valence-corrected chi connectivity index (χ1v) is 13.9. The molecule has 6 heteroatoms. The van der Waals surface area contributed by atoms with Gasteiger partial charge in [0.15, 0.2) is 0 Å². The number of piperidine rings is 1. The summed E-state index contributed by atoms with van der Waals surface area (Å²) in [6, 6.07) is 18.1. The van der Waals surface area contributed by atoms with Gasteiger partial charge in [0.05, 0.1) is 5.92 Å². The SMILES string of the molecule is C[C@H](c1ccc(C(=O)N(C2CC2)C2CCN(C3CCC(C)(c4ccccc4)CC3)CC2)cc1)C(F)(F)F. The Balaban J connectivity index is 1.18. The lowest BCUT2D eigenvalue weighted by Gasteiger charge is -2.46. The summed E-state index contributed by atoms with van der Waals surface area (Å²) >= 11 is 0. The van der Waals surface area contributed by atoms with Gasteiger partial charge in [0, 0.05) is 36.8 Å². The number of carbonyl (C=O) groups is 1. The van der Waals surface area contributed by atoms with Gasteiger partial charge in [-0.3, -0.25) is 4.79 Å². The van der Waals surface area contributed by atoms with E-state index in [0.29, 0.717) is 11.6 Å². The number of likely N-dealkylation sites (tertiary alicyclic amines) is 1. The molecule has 2 aromatic carbocycles. The van der Waals surface area contributed by atoms with Crippen molar-refractivity contribution in [2.24, 2.45) is 0 Å². The number of alkyl halides is 3. The van der Waals surface area contributed by atoms with Gasteiger partial charge in [-0.1, -0.05) is 49.4 Å². The van der Waals surface area contributed by atoms with Crippen molar-refractivity contribution in [3.05, 3.63) is 71.3 Å². The van der Waals surface area contributed by atoms with Gasteiger partial charge in [0.1, 0.15) is 0 Å². The van der Waals surface area contributed by atoms with Gasteiger partial charge in [-0.2, -0.15) is 13.2 Å². The molecule has 3 fully saturated rings. The van der Waals surface area contributed by atoms with Crippen molar-refractivity contribution in [2.75, 3.05) is 13.1 Å². The van der Waals surface area contributed by atoms with Gasteiger partial charge in [-0.15, -0.1) is 0 Å². The lowest BCUT2D eigenvalue weighted by Crippen LogP contribution is -2.51. The quantitative estimate of drug-likeness (QED) is 0.405. The van der Waals surface area contributed by atoms with Crippen molar-refractivity contribution in [1.82, 2.24) is 9.80 Å². The molecular weight excluding hydrogens is 473 g/mol. The molecule has 0 radical (unpaired) electrons. The Morgan fingerprint density at radius 1 is 0.892 bits per heavy atom. The maximum Gasteiger partial charge on any atom is 0.395 e.